The lowest BCUT2D eigenvalue weighted by atomic mass is 10.0. The molecule has 0 unspecified atom stereocenters. The van der Waals surface area contributed by atoms with Crippen molar-refractivity contribution < 1.29 is 4.74 Å². The molecule has 1 aromatic heterocycles. The second-order valence-electron chi connectivity index (χ2n) is 4.50. The zero-order valence-corrected chi connectivity index (χ0v) is 11.8. The first kappa shape index (κ1) is 12.8. The van der Waals surface area contributed by atoms with Crippen LogP contribution in [0.4, 0.5) is 5.82 Å². The number of fused-ring (bicyclic) bond motifs is 1. The highest BCUT2D eigenvalue weighted by molar-refractivity contribution is 6.32. The van der Waals surface area contributed by atoms with Crippen LogP contribution in [0.1, 0.15) is 5.56 Å². The lowest BCUT2D eigenvalue weighted by Crippen LogP contribution is -2.07. The highest BCUT2D eigenvalue weighted by Crippen LogP contribution is 2.30. The first-order chi connectivity index (χ1) is 9.70. The van der Waals surface area contributed by atoms with E-state index in [2.05, 4.69) is 17.2 Å². The Balaban J connectivity index is 2.16. The molecule has 0 saturated carbocycles. The lowest BCUT2D eigenvalue weighted by Gasteiger charge is -2.13. The van der Waals surface area contributed by atoms with Gasteiger partial charge in [-0.3, -0.25) is 0 Å². The number of aromatic nitrogens is 2. The average Bonchev–Trinajstić information content (AvgIpc) is 2.79. The summed E-state index contributed by atoms with van der Waals surface area (Å²) >= 11 is 5.95. The summed E-state index contributed by atoms with van der Waals surface area (Å²) in [6, 6.07) is 12.1. The third-order valence-electron chi connectivity index (χ3n) is 3.36. The van der Waals surface area contributed by atoms with Crippen molar-refractivity contribution in [3.63, 3.8) is 0 Å². The van der Waals surface area contributed by atoms with Crippen molar-refractivity contribution in [2.24, 2.45) is 0 Å². The molecule has 0 amide bonds. The van der Waals surface area contributed by atoms with Crippen LogP contribution in [-0.4, -0.2) is 16.9 Å². The Labute approximate surface area is 121 Å². The largest absolute Gasteiger partial charge is 0.496 e. The molecule has 0 aliphatic carbocycles. The van der Waals surface area contributed by atoms with Gasteiger partial charge in [0.1, 0.15) is 16.6 Å². The second kappa shape index (κ2) is 5.06. The van der Waals surface area contributed by atoms with Gasteiger partial charge in [-0.15, -0.1) is 0 Å². The fourth-order valence-electron chi connectivity index (χ4n) is 2.32. The predicted octanol–water partition coefficient (Wildman–Crippen LogP) is 3.33. The Morgan fingerprint density at radius 1 is 1.25 bits per heavy atom. The Morgan fingerprint density at radius 3 is 2.75 bits per heavy atom. The zero-order chi connectivity index (χ0) is 14.1. The van der Waals surface area contributed by atoms with Crippen molar-refractivity contribution in [2.45, 2.75) is 6.54 Å². The Hall–Kier alpha value is -2.20. The number of hydrogen-bond acceptors (Lipinski definition) is 3. The van der Waals surface area contributed by atoms with Gasteiger partial charge < -0.3 is 10.5 Å². The second-order valence-corrected chi connectivity index (χ2v) is 4.91. The summed E-state index contributed by atoms with van der Waals surface area (Å²) in [5.41, 5.74) is 6.95. The van der Waals surface area contributed by atoms with Gasteiger partial charge in [0.2, 0.25) is 0 Å². The van der Waals surface area contributed by atoms with Gasteiger partial charge in [0.25, 0.3) is 0 Å². The first-order valence-corrected chi connectivity index (χ1v) is 6.60. The lowest BCUT2D eigenvalue weighted by molar-refractivity contribution is 0.408. The fourth-order valence-corrected chi connectivity index (χ4v) is 2.46. The Morgan fingerprint density at radius 2 is 2.05 bits per heavy atom. The molecule has 0 saturated heterocycles. The molecule has 20 heavy (non-hydrogen) atoms. The number of nitrogen functional groups attached to an aromatic ring is 1. The van der Waals surface area contributed by atoms with Crippen LogP contribution >= 0.6 is 11.6 Å². The van der Waals surface area contributed by atoms with Gasteiger partial charge >= 0.3 is 0 Å². The van der Waals surface area contributed by atoms with E-state index in [0.717, 1.165) is 22.1 Å². The maximum atomic E-state index is 5.95. The van der Waals surface area contributed by atoms with E-state index >= 15 is 0 Å². The minimum absolute atomic E-state index is 0.460. The zero-order valence-electron chi connectivity index (χ0n) is 11.0. The molecule has 0 bridgehead atoms. The van der Waals surface area contributed by atoms with Gasteiger partial charge in [0.15, 0.2) is 0 Å². The molecule has 3 rings (SSSR count). The molecule has 0 radical (unpaired) electrons. The number of ether oxygens (including phenoxy) is 1. The number of hydrogen-bond donors (Lipinski definition) is 1. The van der Waals surface area contributed by atoms with Gasteiger partial charge in [0, 0.05) is 5.56 Å². The Kier molecular flexibility index (Phi) is 3.24. The molecule has 0 aliphatic heterocycles. The van der Waals surface area contributed by atoms with E-state index in [-0.39, 0.29) is 0 Å². The summed E-state index contributed by atoms with van der Waals surface area (Å²) in [7, 11) is 1.66. The smallest absolute Gasteiger partial charge is 0.140 e. The number of rotatable bonds is 3. The monoisotopic (exact) mass is 287 g/mol. The molecule has 0 aliphatic rings. The van der Waals surface area contributed by atoms with E-state index in [9.17, 15) is 0 Å². The summed E-state index contributed by atoms with van der Waals surface area (Å²) in [4.78, 5) is 0. The number of methoxy groups -OCH3 is 1. The van der Waals surface area contributed by atoms with Crippen LogP contribution in [0.25, 0.3) is 10.8 Å². The summed E-state index contributed by atoms with van der Waals surface area (Å²) in [5, 5.41) is 6.94. The highest BCUT2D eigenvalue weighted by atomic mass is 35.5. The minimum Gasteiger partial charge on any atom is -0.496 e. The number of halogens is 1. The third kappa shape index (κ3) is 2.08. The van der Waals surface area contributed by atoms with E-state index in [0.29, 0.717) is 17.4 Å². The van der Waals surface area contributed by atoms with Gasteiger partial charge in [-0.25, -0.2) is 4.68 Å². The van der Waals surface area contributed by atoms with E-state index in [1.807, 2.05) is 24.3 Å². The van der Waals surface area contributed by atoms with Crippen LogP contribution in [0.5, 0.6) is 5.75 Å². The summed E-state index contributed by atoms with van der Waals surface area (Å²) in [5.74, 6) is 1.27. The molecule has 2 N–H and O–H groups in total. The molecular formula is C15H14ClN3O. The number of nitrogens with two attached hydrogens (primary N) is 1. The summed E-state index contributed by atoms with van der Waals surface area (Å²) in [6.07, 6.45) is 1.55. The minimum atomic E-state index is 0.460. The normalized spacial score (nSPS) is 10.9. The van der Waals surface area contributed by atoms with Gasteiger partial charge in [0.05, 0.1) is 19.9 Å². The van der Waals surface area contributed by atoms with Crippen molar-refractivity contribution in [3.05, 3.63) is 53.2 Å². The van der Waals surface area contributed by atoms with E-state index < -0.39 is 0 Å². The van der Waals surface area contributed by atoms with Crippen molar-refractivity contribution >= 4 is 28.2 Å². The van der Waals surface area contributed by atoms with Gasteiger partial charge in [-0.05, 0) is 16.8 Å². The standard InChI is InChI=1S/C15H14ClN3O/c1-20-14-7-6-10-4-2-3-5-11(10)12(14)9-19-15(17)13(16)8-18-19/h2-8H,9,17H2,1H3. The van der Waals surface area contributed by atoms with Crippen LogP contribution in [0.15, 0.2) is 42.6 Å². The molecule has 102 valence electrons. The molecule has 3 aromatic rings. The quantitative estimate of drug-likeness (QED) is 0.804. The Bertz CT molecular complexity index is 767. The van der Waals surface area contributed by atoms with Gasteiger partial charge in [-0.2, -0.15) is 5.10 Å². The molecule has 0 spiro atoms. The number of benzene rings is 2. The maximum Gasteiger partial charge on any atom is 0.140 e. The highest BCUT2D eigenvalue weighted by Gasteiger charge is 2.12. The molecular weight excluding hydrogens is 274 g/mol. The predicted molar refractivity (Wildman–Crippen MR) is 81.3 cm³/mol. The van der Waals surface area contributed by atoms with Crippen LogP contribution in [0, 0.1) is 0 Å². The molecule has 5 heteroatoms. The van der Waals surface area contributed by atoms with E-state index in [1.54, 1.807) is 18.0 Å². The number of anilines is 1. The van der Waals surface area contributed by atoms with Crippen molar-refractivity contribution in [1.29, 1.82) is 0 Å². The summed E-state index contributed by atoms with van der Waals surface area (Å²) in [6.45, 7) is 0.517. The van der Waals surface area contributed by atoms with Crippen LogP contribution in [0.2, 0.25) is 5.02 Å². The maximum absolute atomic E-state index is 5.95. The first-order valence-electron chi connectivity index (χ1n) is 6.22. The molecule has 4 nitrogen and oxygen atoms in total. The average molecular weight is 288 g/mol. The molecule has 0 fully saturated rings. The van der Waals surface area contributed by atoms with Crippen LogP contribution < -0.4 is 10.5 Å². The summed E-state index contributed by atoms with van der Waals surface area (Å²) < 4.78 is 7.13. The number of nitrogens with zero attached hydrogens (tertiary/aromatic N) is 2. The fraction of sp³-hybridized carbons (Fsp3) is 0.133. The van der Waals surface area contributed by atoms with Gasteiger partial charge in [-0.1, -0.05) is 41.9 Å². The molecule has 1 heterocycles. The topological polar surface area (TPSA) is 53.1 Å². The van der Waals surface area contributed by atoms with Crippen molar-refractivity contribution in [3.8, 4) is 5.75 Å². The molecule has 2 aromatic carbocycles. The van der Waals surface area contributed by atoms with E-state index in [4.69, 9.17) is 22.1 Å². The third-order valence-corrected chi connectivity index (χ3v) is 3.65. The van der Waals surface area contributed by atoms with Crippen LogP contribution in [0.3, 0.4) is 0 Å². The SMILES string of the molecule is COc1ccc2ccccc2c1Cn1ncc(Cl)c1N. The van der Waals surface area contributed by atoms with Crippen LogP contribution in [-0.2, 0) is 6.54 Å². The molecule has 0 atom stereocenters. The van der Waals surface area contributed by atoms with E-state index in [1.165, 1.54) is 0 Å². The van der Waals surface area contributed by atoms with Crippen molar-refractivity contribution in [1.82, 2.24) is 9.78 Å². The van der Waals surface area contributed by atoms with Crippen molar-refractivity contribution in [2.75, 3.05) is 12.8 Å².